The molecule has 0 amide bonds. The Hall–Kier alpha value is -0.790. The predicted octanol–water partition coefficient (Wildman–Crippen LogP) is 14.8. The molecule has 0 aromatic rings. The van der Waals surface area contributed by atoms with Gasteiger partial charge in [0.1, 0.15) is 6.10 Å². The number of unbranched alkanes of at least 4 members (excludes halogenated alkanes) is 15. The molecule has 4 rings (SSSR count). The Labute approximate surface area is 306 Å². The van der Waals surface area contributed by atoms with Crippen LogP contribution in [0.2, 0.25) is 0 Å². The minimum absolute atomic E-state index is 0.0654. The maximum absolute atomic E-state index is 12.8. The molecule has 0 saturated heterocycles. The van der Waals surface area contributed by atoms with Crippen LogP contribution in [0.25, 0.3) is 0 Å². The van der Waals surface area contributed by atoms with E-state index in [0.717, 1.165) is 60.7 Å². The number of ether oxygens (including phenoxy) is 1. The molecule has 4 aliphatic carbocycles. The average molecular weight is 681 g/mol. The summed E-state index contributed by atoms with van der Waals surface area (Å²) in [4.78, 5) is 12.8. The van der Waals surface area contributed by atoms with Gasteiger partial charge in [-0.15, -0.1) is 0 Å². The lowest BCUT2D eigenvalue weighted by molar-refractivity contribution is -0.151. The van der Waals surface area contributed by atoms with Crippen molar-refractivity contribution in [2.24, 2.45) is 52.3 Å². The normalized spacial score (nSPS) is 32.2. The molecule has 3 fully saturated rings. The summed E-state index contributed by atoms with van der Waals surface area (Å²) < 4.78 is 6.15. The highest BCUT2D eigenvalue weighted by Gasteiger charge is 2.59. The maximum Gasteiger partial charge on any atom is 0.306 e. The summed E-state index contributed by atoms with van der Waals surface area (Å²) >= 11 is 0. The first-order valence-corrected chi connectivity index (χ1v) is 22.5. The van der Waals surface area contributed by atoms with Crippen molar-refractivity contribution in [3.63, 3.8) is 0 Å². The molecule has 0 bridgehead atoms. The second-order valence-electron chi connectivity index (χ2n) is 19.2. The van der Waals surface area contributed by atoms with E-state index >= 15 is 0 Å². The van der Waals surface area contributed by atoms with Crippen LogP contribution in [0.1, 0.15) is 222 Å². The zero-order valence-electron chi connectivity index (χ0n) is 34.1. The Balaban J connectivity index is 1.09. The summed E-state index contributed by atoms with van der Waals surface area (Å²) in [6, 6.07) is 0. The molecule has 0 aromatic carbocycles. The average Bonchev–Trinajstić information content (AvgIpc) is 3.44. The van der Waals surface area contributed by atoms with Gasteiger partial charge in [0.2, 0.25) is 0 Å². The molecule has 0 radical (unpaired) electrons. The maximum atomic E-state index is 12.8. The van der Waals surface area contributed by atoms with Crippen LogP contribution in [0.4, 0.5) is 0 Å². The number of allylic oxidation sites excluding steroid dienone is 1. The number of rotatable bonds is 23. The van der Waals surface area contributed by atoms with Gasteiger partial charge in [-0.25, -0.2) is 0 Å². The Morgan fingerprint density at radius 3 is 1.92 bits per heavy atom. The van der Waals surface area contributed by atoms with Gasteiger partial charge in [0.25, 0.3) is 0 Å². The van der Waals surface area contributed by atoms with E-state index in [2.05, 4.69) is 54.5 Å². The lowest BCUT2D eigenvalue weighted by atomic mass is 9.47. The summed E-state index contributed by atoms with van der Waals surface area (Å²) in [5.74, 6) is 6.11. The third kappa shape index (κ3) is 11.3. The fourth-order valence-electron chi connectivity index (χ4n) is 11.8. The molecule has 9 atom stereocenters. The van der Waals surface area contributed by atoms with Gasteiger partial charge in [0.15, 0.2) is 0 Å². The standard InChI is InChI=1S/C47H84O2/c1-8-9-10-11-12-13-14-15-16-17-18-19-20-21-22-23-24-45(48)49-40-31-33-46(6)39(35-40)27-28-41-43-30-29-42(47(43,7)34-32-44(41)46)38(5)26-25-37(4)36(2)3/h27,36-38,40-44H,8-26,28-35H2,1-7H3. The number of hydrogen-bond acceptors (Lipinski definition) is 2. The molecule has 4 aliphatic rings. The van der Waals surface area contributed by atoms with Crippen LogP contribution in [-0.4, -0.2) is 12.1 Å². The number of esters is 1. The third-order valence-corrected chi connectivity index (χ3v) is 15.6. The SMILES string of the molecule is CCCCCCCCCCCCCCCCCCC(=O)OC1CCC2(C)C(=CCC3C2CCC2(C)C(C(C)CCC(C)C(C)C)CCC32)C1. The van der Waals surface area contributed by atoms with Crippen molar-refractivity contribution < 1.29 is 9.53 Å². The van der Waals surface area contributed by atoms with Crippen LogP contribution < -0.4 is 0 Å². The second kappa shape index (κ2) is 20.5. The summed E-state index contributed by atoms with van der Waals surface area (Å²) in [6.45, 7) is 17.5. The van der Waals surface area contributed by atoms with E-state index in [1.807, 2.05) is 0 Å². The van der Waals surface area contributed by atoms with E-state index < -0.39 is 0 Å². The quantitative estimate of drug-likeness (QED) is 0.0610. The van der Waals surface area contributed by atoms with Crippen molar-refractivity contribution in [2.75, 3.05) is 0 Å². The second-order valence-corrected chi connectivity index (χ2v) is 19.2. The summed E-state index contributed by atoms with van der Waals surface area (Å²) in [6.07, 6.45) is 38.4. The number of carbonyl (C=O) groups excluding carboxylic acids is 1. The zero-order chi connectivity index (χ0) is 35.3. The first-order chi connectivity index (χ1) is 23.6. The van der Waals surface area contributed by atoms with E-state index in [-0.39, 0.29) is 12.1 Å². The van der Waals surface area contributed by atoms with Gasteiger partial charge >= 0.3 is 5.97 Å². The fraction of sp³-hybridized carbons (Fsp3) is 0.936. The Morgan fingerprint density at radius 1 is 0.735 bits per heavy atom. The van der Waals surface area contributed by atoms with Crippen molar-refractivity contribution in [1.82, 2.24) is 0 Å². The minimum atomic E-state index is 0.0654. The van der Waals surface area contributed by atoms with Crippen molar-refractivity contribution in [2.45, 2.75) is 228 Å². The van der Waals surface area contributed by atoms with Crippen LogP contribution in [0.3, 0.4) is 0 Å². The van der Waals surface area contributed by atoms with Gasteiger partial charge in [0.05, 0.1) is 0 Å². The lowest BCUT2D eigenvalue weighted by Crippen LogP contribution is -2.51. The molecular weight excluding hydrogens is 597 g/mol. The molecule has 49 heavy (non-hydrogen) atoms. The first kappa shape index (κ1) is 41.0. The van der Waals surface area contributed by atoms with Crippen molar-refractivity contribution in [1.29, 1.82) is 0 Å². The molecule has 284 valence electrons. The van der Waals surface area contributed by atoms with E-state index in [1.54, 1.807) is 5.57 Å². The van der Waals surface area contributed by atoms with Crippen LogP contribution in [-0.2, 0) is 9.53 Å². The van der Waals surface area contributed by atoms with E-state index in [9.17, 15) is 4.79 Å². The number of carbonyl (C=O) groups is 1. The molecule has 9 unspecified atom stereocenters. The van der Waals surface area contributed by atoms with Gasteiger partial charge in [-0.3, -0.25) is 4.79 Å². The van der Waals surface area contributed by atoms with Gasteiger partial charge in [0, 0.05) is 12.8 Å². The first-order valence-electron chi connectivity index (χ1n) is 22.5. The van der Waals surface area contributed by atoms with Crippen LogP contribution >= 0.6 is 0 Å². The fourth-order valence-corrected chi connectivity index (χ4v) is 11.8. The van der Waals surface area contributed by atoms with Crippen molar-refractivity contribution in [3.05, 3.63) is 11.6 Å². The topological polar surface area (TPSA) is 26.3 Å². The highest BCUT2D eigenvalue weighted by molar-refractivity contribution is 5.69. The van der Waals surface area contributed by atoms with Crippen LogP contribution in [0.15, 0.2) is 11.6 Å². The summed E-state index contributed by atoms with van der Waals surface area (Å²) in [5, 5.41) is 0. The molecule has 0 spiro atoms. The van der Waals surface area contributed by atoms with Crippen LogP contribution in [0, 0.1) is 52.3 Å². The molecule has 0 N–H and O–H groups in total. The van der Waals surface area contributed by atoms with E-state index in [4.69, 9.17) is 4.74 Å². The zero-order valence-corrected chi connectivity index (χ0v) is 34.1. The lowest BCUT2D eigenvalue weighted by Gasteiger charge is -2.58. The van der Waals surface area contributed by atoms with Gasteiger partial charge in [-0.1, -0.05) is 169 Å². The summed E-state index contributed by atoms with van der Waals surface area (Å²) in [7, 11) is 0. The molecule has 0 heterocycles. The minimum Gasteiger partial charge on any atom is -0.462 e. The monoisotopic (exact) mass is 681 g/mol. The molecule has 2 heteroatoms. The predicted molar refractivity (Wildman–Crippen MR) is 212 cm³/mol. The summed E-state index contributed by atoms with van der Waals surface area (Å²) in [5.41, 5.74) is 2.52. The highest BCUT2D eigenvalue weighted by atomic mass is 16.5. The Kier molecular flexibility index (Phi) is 17.1. The van der Waals surface area contributed by atoms with Crippen molar-refractivity contribution >= 4 is 5.97 Å². The Bertz CT molecular complexity index is 981. The molecule has 3 saturated carbocycles. The largest absolute Gasteiger partial charge is 0.462 e. The molecule has 0 aromatic heterocycles. The highest BCUT2D eigenvalue weighted by Crippen LogP contribution is 2.67. The molecular formula is C47H84O2. The van der Waals surface area contributed by atoms with Crippen molar-refractivity contribution in [3.8, 4) is 0 Å². The number of fused-ring (bicyclic) bond motifs is 5. The smallest absolute Gasteiger partial charge is 0.306 e. The molecule has 0 aliphatic heterocycles. The third-order valence-electron chi connectivity index (χ3n) is 15.6. The van der Waals surface area contributed by atoms with Gasteiger partial charge in [-0.05, 0) is 104 Å². The van der Waals surface area contributed by atoms with Gasteiger partial charge in [-0.2, -0.15) is 0 Å². The van der Waals surface area contributed by atoms with E-state index in [1.165, 1.54) is 148 Å². The number of hydrogen-bond donors (Lipinski definition) is 0. The van der Waals surface area contributed by atoms with Gasteiger partial charge < -0.3 is 4.74 Å². The van der Waals surface area contributed by atoms with Crippen LogP contribution in [0.5, 0.6) is 0 Å². The van der Waals surface area contributed by atoms with E-state index in [0.29, 0.717) is 17.3 Å². The Morgan fingerprint density at radius 2 is 1.33 bits per heavy atom. The molecule has 2 nitrogen and oxygen atoms in total.